The van der Waals surface area contributed by atoms with E-state index in [1.807, 2.05) is 12.1 Å². The zero-order chi connectivity index (χ0) is 8.97. The average molecular weight is 227 g/mol. The lowest BCUT2D eigenvalue weighted by atomic mass is 10.1. The lowest BCUT2D eigenvalue weighted by molar-refractivity contribution is 1.01. The van der Waals surface area contributed by atoms with E-state index in [0.29, 0.717) is 6.54 Å². The summed E-state index contributed by atoms with van der Waals surface area (Å²) in [5.41, 5.74) is 7.31. The second kappa shape index (κ2) is 4.38. The minimum atomic E-state index is 0.622. The van der Waals surface area contributed by atoms with Gasteiger partial charge in [-0.25, -0.2) is 0 Å². The number of pyridine rings is 1. The topological polar surface area (TPSA) is 38.9 Å². The quantitative estimate of drug-likeness (QED) is 0.859. The predicted molar refractivity (Wildman–Crippen MR) is 54.6 cm³/mol. The average Bonchev–Trinajstić information content (AvgIpc) is 2.06. The van der Waals surface area contributed by atoms with E-state index in [2.05, 4.69) is 27.5 Å². The van der Waals surface area contributed by atoms with Gasteiger partial charge in [-0.05, 0) is 46.6 Å². The number of hydrogen-bond acceptors (Lipinski definition) is 2. The molecule has 0 radical (unpaired) electrons. The SMILES string of the molecule is C=C(CCN)c1ccc(Br)cn1. The molecule has 2 nitrogen and oxygen atoms in total. The first-order chi connectivity index (χ1) is 5.74. The molecule has 0 aromatic carbocycles. The van der Waals surface area contributed by atoms with E-state index < -0.39 is 0 Å². The molecule has 0 saturated heterocycles. The van der Waals surface area contributed by atoms with Gasteiger partial charge < -0.3 is 5.73 Å². The molecule has 0 aliphatic carbocycles. The van der Waals surface area contributed by atoms with Crippen LogP contribution in [0.4, 0.5) is 0 Å². The Hall–Kier alpha value is -0.670. The van der Waals surface area contributed by atoms with Gasteiger partial charge in [0.25, 0.3) is 0 Å². The number of aromatic nitrogens is 1. The van der Waals surface area contributed by atoms with Crippen LogP contribution >= 0.6 is 15.9 Å². The molecule has 1 aromatic heterocycles. The molecule has 2 N–H and O–H groups in total. The summed E-state index contributed by atoms with van der Waals surface area (Å²) < 4.78 is 0.979. The van der Waals surface area contributed by atoms with Crippen LogP contribution in [-0.4, -0.2) is 11.5 Å². The van der Waals surface area contributed by atoms with Gasteiger partial charge in [0.05, 0.1) is 5.69 Å². The van der Waals surface area contributed by atoms with Crippen LogP contribution < -0.4 is 5.73 Å². The van der Waals surface area contributed by atoms with Crippen molar-refractivity contribution in [3.8, 4) is 0 Å². The standard InChI is InChI=1S/C9H11BrN2/c1-7(4-5-11)9-3-2-8(10)6-12-9/h2-3,6H,1,4-5,11H2. The molecule has 0 atom stereocenters. The van der Waals surface area contributed by atoms with Gasteiger partial charge in [-0.15, -0.1) is 0 Å². The summed E-state index contributed by atoms with van der Waals surface area (Å²) in [6.07, 6.45) is 2.56. The second-order valence-electron chi connectivity index (χ2n) is 2.50. The van der Waals surface area contributed by atoms with E-state index >= 15 is 0 Å². The molecule has 0 fully saturated rings. The zero-order valence-electron chi connectivity index (χ0n) is 6.76. The van der Waals surface area contributed by atoms with Gasteiger partial charge in [0.15, 0.2) is 0 Å². The first-order valence-corrected chi connectivity index (χ1v) is 4.53. The van der Waals surface area contributed by atoms with Crippen LogP contribution in [0.2, 0.25) is 0 Å². The Morgan fingerprint density at radius 2 is 2.33 bits per heavy atom. The molecule has 1 aromatic rings. The van der Waals surface area contributed by atoms with Crippen LogP contribution in [0.15, 0.2) is 29.4 Å². The maximum absolute atomic E-state index is 5.40. The number of hydrogen-bond donors (Lipinski definition) is 1. The summed E-state index contributed by atoms with van der Waals surface area (Å²) in [6.45, 7) is 4.51. The third-order valence-electron chi connectivity index (χ3n) is 1.54. The first kappa shape index (κ1) is 9.42. The van der Waals surface area contributed by atoms with Gasteiger partial charge in [-0.1, -0.05) is 6.58 Å². The van der Waals surface area contributed by atoms with Crippen LogP contribution in [-0.2, 0) is 0 Å². The van der Waals surface area contributed by atoms with Gasteiger partial charge in [0.1, 0.15) is 0 Å². The zero-order valence-corrected chi connectivity index (χ0v) is 8.34. The number of nitrogens with two attached hydrogens (primary N) is 1. The van der Waals surface area contributed by atoms with E-state index in [0.717, 1.165) is 22.2 Å². The number of rotatable bonds is 3. The molecule has 1 rings (SSSR count). The van der Waals surface area contributed by atoms with Crippen LogP contribution in [0.5, 0.6) is 0 Å². The fourth-order valence-electron chi connectivity index (χ4n) is 0.887. The molecule has 0 unspecified atom stereocenters. The summed E-state index contributed by atoms with van der Waals surface area (Å²) in [6, 6.07) is 3.88. The molecule has 64 valence electrons. The smallest absolute Gasteiger partial charge is 0.0657 e. The highest BCUT2D eigenvalue weighted by atomic mass is 79.9. The van der Waals surface area contributed by atoms with Crippen molar-refractivity contribution in [2.45, 2.75) is 6.42 Å². The Kier molecular flexibility index (Phi) is 3.44. The van der Waals surface area contributed by atoms with Crippen molar-refractivity contribution < 1.29 is 0 Å². The second-order valence-corrected chi connectivity index (χ2v) is 3.42. The van der Waals surface area contributed by atoms with Crippen LogP contribution in [0.3, 0.4) is 0 Å². The molecule has 0 aliphatic heterocycles. The highest BCUT2D eigenvalue weighted by molar-refractivity contribution is 9.10. The maximum atomic E-state index is 5.40. The lowest BCUT2D eigenvalue weighted by Crippen LogP contribution is -2.00. The van der Waals surface area contributed by atoms with Crippen molar-refractivity contribution in [3.63, 3.8) is 0 Å². The first-order valence-electron chi connectivity index (χ1n) is 3.74. The molecule has 12 heavy (non-hydrogen) atoms. The number of halogens is 1. The van der Waals surface area contributed by atoms with E-state index in [9.17, 15) is 0 Å². The molecular formula is C9H11BrN2. The van der Waals surface area contributed by atoms with Crippen molar-refractivity contribution in [1.82, 2.24) is 4.98 Å². The summed E-state index contributed by atoms with van der Waals surface area (Å²) in [5.74, 6) is 0. The van der Waals surface area contributed by atoms with Gasteiger partial charge in [-0.3, -0.25) is 4.98 Å². The van der Waals surface area contributed by atoms with Crippen molar-refractivity contribution in [1.29, 1.82) is 0 Å². The van der Waals surface area contributed by atoms with Crippen molar-refractivity contribution in [2.24, 2.45) is 5.73 Å². The van der Waals surface area contributed by atoms with Gasteiger partial charge in [0.2, 0.25) is 0 Å². The fourth-order valence-corrected chi connectivity index (χ4v) is 1.12. The molecule has 0 bridgehead atoms. The third kappa shape index (κ3) is 2.43. The van der Waals surface area contributed by atoms with Crippen molar-refractivity contribution >= 4 is 21.5 Å². The summed E-state index contributed by atoms with van der Waals surface area (Å²) >= 11 is 3.32. The maximum Gasteiger partial charge on any atom is 0.0657 e. The summed E-state index contributed by atoms with van der Waals surface area (Å²) in [5, 5.41) is 0. The van der Waals surface area contributed by atoms with Gasteiger partial charge in [0, 0.05) is 10.7 Å². The summed E-state index contributed by atoms with van der Waals surface area (Å²) in [7, 11) is 0. The fraction of sp³-hybridized carbons (Fsp3) is 0.222. The lowest BCUT2D eigenvalue weighted by Gasteiger charge is -2.02. The Balaban J connectivity index is 2.75. The minimum Gasteiger partial charge on any atom is -0.330 e. The monoisotopic (exact) mass is 226 g/mol. The Labute approximate surface area is 80.6 Å². The van der Waals surface area contributed by atoms with Crippen molar-refractivity contribution in [2.75, 3.05) is 6.54 Å². The van der Waals surface area contributed by atoms with E-state index in [1.54, 1.807) is 6.20 Å². The van der Waals surface area contributed by atoms with E-state index in [4.69, 9.17) is 5.73 Å². The molecular weight excluding hydrogens is 216 g/mol. The summed E-state index contributed by atoms with van der Waals surface area (Å²) in [4.78, 5) is 4.19. The largest absolute Gasteiger partial charge is 0.330 e. The Bertz CT molecular complexity index is 266. The third-order valence-corrected chi connectivity index (χ3v) is 2.00. The predicted octanol–water partition coefficient (Wildman–Crippen LogP) is 2.21. The van der Waals surface area contributed by atoms with Gasteiger partial charge in [-0.2, -0.15) is 0 Å². The molecule has 0 spiro atoms. The van der Waals surface area contributed by atoms with Crippen LogP contribution in [0.1, 0.15) is 12.1 Å². The number of nitrogens with zero attached hydrogens (tertiary/aromatic N) is 1. The van der Waals surface area contributed by atoms with Crippen molar-refractivity contribution in [3.05, 3.63) is 35.1 Å². The molecule has 3 heteroatoms. The van der Waals surface area contributed by atoms with Crippen LogP contribution in [0.25, 0.3) is 5.57 Å². The highest BCUT2D eigenvalue weighted by Crippen LogP contribution is 2.15. The molecule has 0 amide bonds. The minimum absolute atomic E-state index is 0.622. The molecule has 1 heterocycles. The Morgan fingerprint density at radius 1 is 1.58 bits per heavy atom. The molecule has 0 saturated carbocycles. The highest BCUT2D eigenvalue weighted by Gasteiger charge is 1.98. The van der Waals surface area contributed by atoms with Crippen LogP contribution in [0, 0.1) is 0 Å². The Morgan fingerprint density at radius 3 is 2.83 bits per heavy atom. The molecule has 0 aliphatic rings. The van der Waals surface area contributed by atoms with E-state index in [1.165, 1.54) is 0 Å². The van der Waals surface area contributed by atoms with E-state index in [-0.39, 0.29) is 0 Å². The van der Waals surface area contributed by atoms with Gasteiger partial charge >= 0.3 is 0 Å². The normalized spacial score (nSPS) is 9.83.